The van der Waals surface area contributed by atoms with E-state index in [9.17, 15) is 19.2 Å². The molecular weight excluding hydrogens is 326 g/mol. The molecule has 1 saturated heterocycles. The van der Waals surface area contributed by atoms with Crippen LogP contribution < -0.4 is 16.0 Å². The lowest BCUT2D eigenvalue weighted by molar-refractivity contribution is -0.125. The molecule has 2 unspecified atom stereocenters. The molecule has 0 spiro atoms. The number of alkyl carbamates (subject to hydrolysis) is 1. The summed E-state index contributed by atoms with van der Waals surface area (Å²) in [6.45, 7) is 0.370. The first kappa shape index (κ1) is 18.4. The molecule has 1 fully saturated rings. The first-order valence-electron chi connectivity index (χ1n) is 8.05. The molecule has 1 heterocycles. The van der Waals surface area contributed by atoms with E-state index in [0.717, 1.165) is 5.56 Å². The second kappa shape index (κ2) is 9.41. The number of aldehydes is 1. The average molecular weight is 347 g/mol. The van der Waals surface area contributed by atoms with Crippen molar-refractivity contribution in [3.63, 3.8) is 0 Å². The summed E-state index contributed by atoms with van der Waals surface area (Å²) in [5, 5.41) is 7.48. The number of nitrogens with one attached hydrogen (secondary N) is 3. The third-order valence-corrected chi connectivity index (χ3v) is 3.82. The van der Waals surface area contributed by atoms with Gasteiger partial charge in [-0.2, -0.15) is 0 Å². The van der Waals surface area contributed by atoms with Gasteiger partial charge in [-0.1, -0.05) is 30.3 Å². The minimum atomic E-state index is -0.761. The fourth-order valence-electron chi connectivity index (χ4n) is 2.51. The van der Waals surface area contributed by atoms with Crippen molar-refractivity contribution in [2.75, 3.05) is 13.1 Å². The van der Waals surface area contributed by atoms with Gasteiger partial charge in [0.25, 0.3) is 0 Å². The zero-order chi connectivity index (χ0) is 18.1. The molecule has 3 N–H and O–H groups in total. The van der Waals surface area contributed by atoms with Gasteiger partial charge >= 0.3 is 6.09 Å². The van der Waals surface area contributed by atoms with Crippen molar-refractivity contribution < 1.29 is 23.9 Å². The third kappa shape index (κ3) is 6.25. The number of hydrogen-bond acceptors (Lipinski definition) is 5. The van der Waals surface area contributed by atoms with Gasteiger partial charge in [-0.05, 0) is 18.4 Å². The highest BCUT2D eigenvalue weighted by molar-refractivity contribution is 5.85. The SMILES string of the molecule is O=CC(CC1CCNC1=O)NC(=O)CNC(=O)OCc1ccccc1. The quantitative estimate of drug-likeness (QED) is 0.578. The molecule has 1 aliphatic rings. The third-order valence-electron chi connectivity index (χ3n) is 3.82. The second-order valence-corrected chi connectivity index (χ2v) is 5.74. The number of carbonyl (C=O) groups is 4. The number of amides is 3. The number of rotatable bonds is 8. The molecular formula is C17H21N3O5. The van der Waals surface area contributed by atoms with Gasteiger partial charge in [0.05, 0.1) is 6.04 Å². The van der Waals surface area contributed by atoms with Gasteiger partial charge in [0.2, 0.25) is 11.8 Å². The Morgan fingerprint density at radius 3 is 2.72 bits per heavy atom. The molecule has 1 aliphatic heterocycles. The Morgan fingerprint density at radius 1 is 1.32 bits per heavy atom. The number of carbonyl (C=O) groups excluding carboxylic acids is 4. The molecule has 1 aromatic carbocycles. The summed E-state index contributed by atoms with van der Waals surface area (Å²) in [6, 6.07) is 8.37. The van der Waals surface area contributed by atoms with Crippen molar-refractivity contribution in [2.45, 2.75) is 25.5 Å². The van der Waals surface area contributed by atoms with Gasteiger partial charge < -0.3 is 25.5 Å². The van der Waals surface area contributed by atoms with Crippen LogP contribution in [0.2, 0.25) is 0 Å². The molecule has 0 radical (unpaired) electrons. The van der Waals surface area contributed by atoms with E-state index in [1.807, 2.05) is 30.3 Å². The fourth-order valence-corrected chi connectivity index (χ4v) is 2.51. The zero-order valence-corrected chi connectivity index (χ0v) is 13.7. The molecule has 0 saturated carbocycles. The Labute approximate surface area is 145 Å². The Balaban J connectivity index is 1.67. The van der Waals surface area contributed by atoms with Gasteiger partial charge in [0.1, 0.15) is 19.4 Å². The summed E-state index contributed by atoms with van der Waals surface area (Å²) in [4.78, 5) is 45.9. The van der Waals surface area contributed by atoms with E-state index in [2.05, 4.69) is 16.0 Å². The molecule has 25 heavy (non-hydrogen) atoms. The lowest BCUT2D eigenvalue weighted by Crippen LogP contribution is -2.44. The van der Waals surface area contributed by atoms with Crippen LogP contribution in [-0.2, 0) is 25.7 Å². The molecule has 0 aliphatic carbocycles. The van der Waals surface area contributed by atoms with Crippen molar-refractivity contribution in [2.24, 2.45) is 5.92 Å². The van der Waals surface area contributed by atoms with E-state index in [1.165, 1.54) is 0 Å². The summed E-state index contributed by atoms with van der Waals surface area (Å²) in [5.41, 5.74) is 0.831. The summed E-state index contributed by atoms with van der Waals surface area (Å²) in [7, 11) is 0. The van der Waals surface area contributed by atoms with E-state index >= 15 is 0 Å². The van der Waals surface area contributed by atoms with Gasteiger partial charge in [0.15, 0.2) is 0 Å². The maximum atomic E-state index is 11.8. The van der Waals surface area contributed by atoms with Crippen LogP contribution in [0.4, 0.5) is 4.79 Å². The summed E-state index contributed by atoms with van der Waals surface area (Å²) < 4.78 is 4.98. The van der Waals surface area contributed by atoms with Crippen LogP contribution in [0.5, 0.6) is 0 Å². The topological polar surface area (TPSA) is 114 Å². The van der Waals surface area contributed by atoms with Crippen LogP contribution in [0.3, 0.4) is 0 Å². The van der Waals surface area contributed by atoms with Crippen LogP contribution >= 0.6 is 0 Å². The summed E-state index contributed by atoms with van der Waals surface area (Å²) >= 11 is 0. The molecule has 2 rings (SSSR count). The molecule has 2 atom stereocenters. The van der Waals surface area contributed by atoms with E-state index in [1.54, 1.807) is 0 Å². The van der Waals surface area contributed by atoms with E-state index < -0.39 is 18.0 Å². The second-order valence-electron chi connectivity index (χ2n) is 5.74. The maximum Gasteiger partial charge on any atom is 0.407 e. The number of ether oxygens (including phenoxy) is 1. The van der Waals surface area contributed by atoms with E-state index in [4.69, 9.17) is 4.74 Å². The predicted molar refractivity (Wildman–Crippen MR) is 88.4 cm³/mol. The zero-order valence-electron chi connectivity index (χ0n) is 13.7. The summed E-state index contributed by atoms with van der Waals surface area (Å²) in [6.07, 6.45) is 0.761. The van der Waals surface area contributed by atoms with Gasteiger partial charge in [-0.3, -0.25) is 9.59 Å². The highest BCUT2D eigenvalue weighted by Gasteiger charge is 2.27. The molecule has 0 bridgehead atoms. The number of hydrogen-bond donors (Lipinski definition) is 3. The van der Waals surface area contributed by atoms with Crippen molar-refractivity contribution >= 4 is 24.2 Å². The molecule has 8 heteroatoms. The Hall–Kier alpha value is -2.90. The first-order valence-corrected chi connectivity index (χ1v) is 8.05. The van der Waals surface area contributed by atoms with Gasteiger partial charge in [-0.15, -0.1) is 0 Å². The highest BCUT2D eigenvalue weighted by Crippen LogP contribution is 2.15. The van der Waals surface area contributed by atoms with Gasteiger partial charge in [-0.25, -0.2) is 4.79 Å². The van der Waals surface area contributed by atoms with E-state index in [-0.39, 0.29) is 31.4 Å². The van der Waals surface area contributed by atoms with Crippen LogP contribution in [0.1, 0.15) is 18.4 Å². The Bertz CT molecular complexity index is 620. The number of benzene rings is 1. The minimum absolute atomic E-state index is 0.0993. The molecule has 1 aromatic rings. The van der Waals surface area contributed by atoms with Crippen LogP contribution in [0.15, 0.2) is 30.3 Å². The standard InChI is InChI=1S/C17H21N3O5/c21-10-14(8-13-6-7-18-16(13)23)20-15(22)9-19-17(24)25-11-12-4-2-1-3-5-12/h1-5,10,13-14H,6-9,11H2,(H,18,23)(H,19,24)(H,20,22). The summed E-state index contributed by atoms with van der Waals surface area (Å²) in [5.74, 6) is -0.907. The van der Waals surface area contributed by atoms with Crippen molar-refractivity contribution in [1.82, 2.24) is 16.0 Å². The smallest absolute Gasteiger partial charge is 0.407 e. The van der Waals surface area contributed by atoms with Gasteiger partial charge in [0, 0.05) is 12.5 Å². The predicted octanol–water partition coefficient (Wildman–Crippen LogP) is 0.123. The van der Waals surface area contributed by atoms with Crippen LogP contribution in [0.25, 0.3) is 0 Å². The Morgan fingerprint density at radius 2 is 2.08 bits per heavy atom. The van der Waals surface area contributed by atoms with Crippen molar-refractivity contribution in [1.29, 1.82) is 0 Å². The van der Waals surface area contributed by atoms with Crippen molar-refractivity contribution in [3.8, 4) is 0 Å². The first-order chi connectivity index (χ1) is 12.1. The monoisotopic (exact) mass is 347 g/mol. The lowest BCUT2D eigenvalue weighted by Gasteiger charge is -2.15. The molecule has 8 nitrogen and oxygen atoms in total. The molecule has 134 valence electrons. The lowest BCUT2D eigenvalue weighted by atomic mass is 9.99. The van der Waals surface area contributed by atoms with E-state index in [0.29, 0.717) is 19.3 Å². The van der Waals surface area contributed by atoms with Crippen LogP contribution in [-0.4, -0.2) is 43.3 Å². The minimum Gasteiger partial charge on any atom is -0.445 e. The molecule has 0 aromatic heterocycles. The maximum absolute atomic E-state index is 11.8. The van der Waals surface area contributed by atoms with Crippen LogP contribution in [0, 0.1) is 5.92 Å². The largest absolute Gasteiger partial charge is 0.445 e. The normalized spacial score (nSPS) is 17.3. The molecule has 3 amide bonds. The average Bonchev–Trinajstić information content (AvgIpc) is 3.03. The van der Waals surface area contributed by atoms with Crippen molar-refractivity contribution in [3.05, 3.63) is 35.9 Å². The fraction of sp³-hybridized carbons (Fsp3) is 0.412. The Kier molecular flexibility index (Phi) is 6.94. The highest BCUT2D eigenvalue weighted by atomic mass is 16.5.